The van der Waals surface area contributed by atoms with E-state index in [1.165, 1.54) is 6.08 Å². The molecule has 5 heteroatoms. The molecule has 0 fully saturated rings. The number of phenolic OH excluding ortho intramolecular Hbond substituents is 1. The molecule has 0 aromatic heterocycles. The van der Waals surface area contributed by atoms with Gasteiger partial charge in [-0.25, -0.2) is 0 Å². The first-order valence-corrected chi connectivity index (χ1v) is 9.01. The van der Waals surface area contributed by atoms with Crippen LogP contribution in [0.25, 0.3) is 11.6 Å². The maximum atomic E-state index is 12.8. The van der Waals surface area contributed by atoms with E-state index in [4.69, 9.17) is 4.74 Å². The maximum absolute atomic E-state index is 12.8. The molecule has 0 saturated carbocycles. The molecule has 2 aromatic rings. The van der Waals surface area contributed by atoms with Crippen LogP contribution in [0.4, 0.5) is 0 Å². The van der Waals surface area contributed by atoms with Crippen molar-refractivity contribution < 1.29 is 19.4 Å². The number of aromatic hydroxyl groups is 1. The molecule has 2 aromatic carbocycles. The molecule has 0 saturated heterocycles. The Hall–Kier alpha value is -2.67. The number of carbonyl (C=O) groups excluding carboxylic acids is 2. The third kappa shape index (κ3) is 2.59. The molecule has 0 amide bonds. The summed E-state index contributed by atoms with van der Waals surface area (Å²) in [6.07, 6.45) is 5.10. The number of benzene rings is 2. The first kappa shape index (κ1) is 16.8. The maximum Gasteiger partial charge on any atom is 0.200 e. The zero-order chi connectivity index (χ0) is 18.4. The zero-order valence-corrected chi connectivity index (χ0v) is 15.7. The number of allylic oxidation sites excluding steroid dienone is 3. The number of carbonyl (C=O) groups is 2. The Morgan fingerprint density at radius 3 is 2.73 bits per heavy atom. The van der Waals surface area contributed by atoms with Crippen molar-refractivity contribution >= 4 is 45.8 Å². The van der Waals surface area contributed by atoms with E-state index in [9.17, 15) is 14.7 Å². The average molecular weight is 456 g/mol. The molecule has 128 valence electrons. The van der Waals surface area contributed by atoms with Crippen molar-refractivity contribution in [3.8, 4) is 11.5 Å². The summed E-state index contributed by atoms with van der Waals surface area (Å²) in [5, 5.41) is 9.75. The summed E-state index contributed by atoms with van der Waals surface area (Å²) in [7, 11) is 0. The average Bonchev–Trinajstić information content (AvgIpc) is 2.64. The van der Waals surface area contributed by atoms with Gasteiger partial charge in [0.1, 0.15) is 11.5 Å². The number of halogens is 1. The lowest BCUT2D eigenvalue weighted by Crippen LogP contribution is -2.18. The number of ketones is 2. The molecule has 1 N–H and O–H groups in total. The van der Waals surface area contributed by atoms with E-state index in [2.05, 4.69) is 6.58 Å². The van der Waals surface area contributed by atoms with Crippen LogP contribution in [0.1, 0.15) is 37.4 Å². The van der Waals surface area contributed by atoms with Gasteiger partial charge in [0.2, 0.25) is 5.78 Å². The second kappa shape index (κ2) is 6.25. The van der Waals surface area contributed by atoms with Crippen molar-refractivity contribution in [2.75, 3.05) is 0 Å². The highest BCUT2D eigenvalue weighted by Gasteiger charge is 2.30. The van der Waals surface area contributed by atoms with E-state index in [0.29, 0.717) is 32.4 Å². The van der Waals surface area contributed by atoms with Gasteiger partial charge in [0.15, 0.2) is 5.78 Å². The van der Waals surface area contributed by atoms with Gasteiger partial charge in [-0.2, -0.15) is 0 Å². The Labute approximate surface area is 163 Å². The number of fused-ring (bicyclic) bond motifs is 2. The van der Waals surface area contributed by atoms with Crippen LogP contribution in [0, 0.1) is 0 Å². The van der Waals surface area contributed by atoms with Crippen LogP contribution in [-0.2, 0) is 6.42 Å². The Kier molecular flexibility index (Phi) is 4.03. The van der Waals surface area contributed by atoms with E-state index in [1.807, 2.05) is 22.6 Å². The Bertz CT molecular complexity index is 1060. The fourth-order valence-corrected chi connectivity index (χ4v) is 3.85. The van der Waals surface area contributed by atoms with E-state index in [-0.39, 0.29) is 17.3 Å². The molecule has 1 aliphatic heterocycles. The molecule has 2 aliphatic rings. The quantitative estimate of drug-likeness (QED) is 0.666. The molecule has 0 radical (unpaired) electrons. The minimum Gasteiger partial charge on any atom is -0.508 e. The number of ether oxygens (including phenoxy) is 1. The number of Topliss-reactive ketones (excluding diaryl/α,β-unsaturated/α-hetero) is 1. The van der Waals surface area contributed by atoms with E-state index in [0.717, 1.165) is 16.7 Å². The van der Waals surface area contributed by atoms with Crippen molar-refractivity contribution in [1.82, 2.24) is 0 Å². The summed E-state index contributed by atoms with van der Waals surface area (Å²) in [6, 6.07) is 8.36. The first-order chi connectivity index (χ1) is 12.5. The molecule has 1 heterocycles. The van der Waals surface area contributed by atoms with Crippen molar-refractivity contribution in [3.05, 3.63) is 80.6 Å². The van der Waals surface area contributed by atoms with Gasteiger partial charge in [0.25, 0.3) is 0 Å². The minimum absolute atomic E-state index is 0.149. The summed E-state index contributed by atoms with van der Waals surface area (Å²) in [5.74, 6) is 0.447. The lowest BCUT2D eigenvalue weighted by molar-refractivity contribution is 0.0992. The Morgan fingerprint density at radius 2 is 1.96 bits per heavy atom. The van der Waals surface area contributed by atoms with Gasteiger partial charge >= 0.3 is 0 Å². The summed E-state index contributed by atoms with van der Waals surface area (Å²) in [6.45, 7) is 3.84. The molecule has 26 heavy (non-hydrogen) atoms. The van der Waals surface area contributed by atoms with Crippen molar-refractivity contribution in [2.24, 2.45) is 0 Å². The minimum atomic E-state index is -0.184. The standard InChI is InChI=1S/C21H13IO4/c1-2-11-3-5-15-17(24)9-16(22)21(25)20(15)19(11)13-7-12-8-14(23)4-6-18(12)26-10-13/h2-6,8-10,23H,1,7H2. The summed E-state index contributed by atoms with van der Waals surface area (Å²) in [5.41, 5.74) is 3.77. The van der Waals surface area contributed by atoms with Crippen LogP contribution in [0.5, 0.6) is 11.5 Å². The fraction of sp³-hybridized carbons (Fsp3) is 0.0476. The predicted octanol–water partition coefficient (Wildman–Crippen LogP) is 4.71. The highest BCUT2D eigenvalue weighted by atomic mass is 127. The van der Waals surface area contributed by atoms with Gasteiger partial charge in [-0.3, -0.25) is 9.59 Å². The van der Waals surface area contributed by atoms with Crippen molar-refractivity contribution in [3.63, 3.8) is 0 Å². The van der Waals surface area contributed by atoms with Crippen LogP contribution < -0.4 is 4.74 Å². The van der Waals surface area contributed by atoms with E-state index >= 15 is 0 Å². The van der Waals surface area contributed by atoms with Gasteiger partial charge in [-0.05, 0) is 52.4 Å². The van der Waals surface area contributed by atoms with Gasteiger partial charge < -0.3 is 9.84 Å². The lowest BCUT2D eigenvalue weighted by atomic mass is 9.83. The molecular formula is C21H13IO4. The third-order valence-electron chi connectivity index (χ3n) is 4.50. The Morgan fingerprint density at radius 1 is 1.15 bits per heavy atom. The van der Waals surface area contributed by atoms with Crippen molar-refractivity contribution in [1.29, 1.82) is 0 Å². The third-order valence-corrected chi connectivity index (χ3v) is 5.30. The summed E-state index contributed by atoms with van der Waals surface area (Å²) < 4.78 is 6.09. The molecule has 4 rings (SSSR count). The molecule has 0 unspecified atom stereocenters. The summed E-state index contributed by atoms with van der Waals surface area (Å²) in [4.78, 5) is 25.2. The van der Waals surface area contributed by atoms with Crippen LogP contribution in [0.2, 0.25) is 0 Å². The van der Waals surface area contributed by atoms with E-state index in [1.54, 1.807) is 42.7 Å². The number of phenols is 1. The zero-order valence-electron chi connectivity index (χ0n) is 13.6. The largest absolute Gasteiger partial charge is 0.508 e. The van der Waals surface area contributed by atoms with Crippen molar-refractivity contribution in [2.45, 2.75) is 6.42 Å². The van der Waals surface area contributed by atoms with Gasteiger partial charge in [-0.1, -0.05) is 18.7 Å². The molecular weight excluding hydrogens is 443 g/mol. The number of rotatable bonds is 2. The van der Waals surface area contributed by atoms with Crippen LogP contribution in [-0.4, -0.2) is 16.7 Å². The highest BCUT2D eigenvalue weighted by molar-refractivity contribution is 14.1. The first-order valence-electron chi connectivity index (χ1n) is 7.93. The smallest absolute Gasteiger partial charge is 0.200 e. The molecule has 0 atom stereocenters. The molecule has 0 spiro atoms. The predicted molar refractivity (Wildman–Crippen MR) is 108 cm³/mol. The normalized spacial score (nSPS) is 15.4. The Balaban J connectivity index is 1.92. The van der Waals surface area contributed by atoms with Gasteiger partial charge in [-0.15, -0.1) is 0 Å². The molecule has 0 bridgehead atoms. The van der Waals surface area contributed by atoms with E-state index < -0.39 is 0 Å². The topological polar surface area (TPSA) is 63.6 Å². The van der Waals surface area contributed by atoms with Crippen LogP contribution in [0.3, 0.4) is 0 Å². The monoisotopic (exact) mass is 456 g/mol. The second-order valence-corrected chi connectivity index (χ2v) is 7.23. The van der Waals surface area contributed by atoms with Gasteiger partial charge in [0, 0.05) is 40.3 Å². The number of hydrogen-bond acceptors (Lipinski definition) is 4. The lowest BCUT2D eigenvalue weighted by Gasteiger charge is -2.23. The SMILES string of the molecule is C=Cc1ccc2c(c1C1=COc3ccc(O)cc3C1)C(=O)C(I)=CC2=O. The van der Waals surface area contributed by atoms with Crippen LogP contribution in [0.15, 0.2) is 52.8 Å². The summed E-state index contributed by atoms with van der Waals surface area (Å²) >= 11 is 1.89. The second-order valence-electron chi connectivity index (χ2n) is 6.07. The fourth-order valence-electron chi connectivity index (χ4n) is 3.30. The number of hydrogen-bond donors (Lipinski definition) is 1. The highest BCUT2D eigenvalue weighted by Crippen LogP contribution is 2.39. The molecule has 1 aliphatic carbocycles. The molecule has 4 nitrogen and oxygen atoms in total. The van der Waals surface area contributed by atoms with Gasteiger partial charge in [0.05, 0.1) is 9.84 Å². The van der Waals surface area contributed by atoms with Crippen LogP contribution >= 0.6 is 22.6 Å².